The molecule has 14 bridgehead atoms. The summed E-state index contributed by atoms with van der Waals surface area (Å²) in [7, 11) is 0. The van der Waals surface area contributed by atoms with Crippen LogP contribution in [0.3, 0.4) is 0 Å². The summed E-state index contributed by atoms with van der Waals surface area (Å²) in [5, 5.41) is 232. The lowest BCUT2D eigenvalue weighted by Crippen LogP contribution is -2.68. The van der Waals surface area contributed by atoms with Gasteiger partial charge in [0.05, 0.1) is 39.6 Å². The second-order valence-corrected chi connectivity index (χ2v) is 25.4. The van der Waals surface area contributed by atoms with Gasteiger partial charge in [-0.15, -0.1) is 0 Å². The number of nitrogens with zero attached hydrogens (tertiary/aromatic N) is 1. The van der Waals surface area contributed by atoms with E-state index in [9.17, 15) is 107 Å². The lowest BCUT2D eigenvalue weighted by atomic mass is 9.85. The average molecular weight is 1360 g/mol. The topological polar surface area (TPSA) is 585 Å². The standard InChI is InChI=1S/C56H86N2O36/c1-56(2,3)17-6-4-16(5-7-17)26-18(15-80-58-26)48(79)57-8-19-41-27(65)34(72)49(81-19)89-42-20(9-59)83-51(36(74)29(42)67)91-44-22(11-61)85-53(38(76)31(44)69)93-46-24(13-63)87-55(40(78)33(46)71)94-47-25(14-64)86-54(39(77)32(47)70)92-45-23(12-62)84-52(37(75)30(45)68)90-43-21(10-60)82-50(88-41)35(73)28(43)66/h4-7,18-25,27-47,49-55,59-78H,8-15H2,1-3H3,(H,57,79)/t18?,19-,20+,21-,22+,23-,24+,25-,27+,28+,29-,30+,31+,32+,33+,34+,35+,36-,37+,38-,39+,40+,41+,42+,43+,44+,45+,46+,47+,49+,50+,51+,52+,53+,54+,55+/m0/s1. The van der Waals surface area contributed by atoms with Crippen LogP contribution in [-0.4, -0.2) is 381 Å². The van der Waals surface area contributed by atoms with Crippen LogP contribution in [-0.2, 0) is 81.4 Å². The monoisotopic (exact) mass is 1360 g/mol. The van der Waals surface area contributed by atoms with Gasteiger partial charge in [-0.2, -0.15) is 0 Å². The Kier molecular flexibility index (Phi) is 24.0. The van der Waals surface area contributed by atoms with E-state index in [0.29, 0.717) is 5.56 Å². The van der Waals surface area contributed by atoms with Crippen molar-refractivity contribution in [1.82, 2.24) is 5.32 Å². The molecule has 38 nitrogen and oxygen atoms in total. The van der Waals surface area contributed by atoms with Gasteiger partial charge in [0.25, 0.3) is 0 Å². The maximum atomic E-state index is 14.2. The second-order valence-electron chi connectivity index (χ2n) is 25.4. The molecule has 0 radical (unpaired) electrons. The molecule has 21 saturated heterocycles. The van der Waals surface area contributed by atoms with Gasteiger partial charge in [-0.3, -0.25) is 4.79 Å². The van der Waals surface area contributed by atoms with Crippen LogP contribution in [0.2, 0.25) is 0 Å². The van der Waals surface area contributed by atoms with E-state index in [1.54, 1.807) is 12.1 Å². The minimum absolute atomic E-state index is 0.226. The molecule has 0 spiro atoms. The average Bonchev–Trinajstić information content (AvgIpc) is 0.987. The molecule has 0 saturated carbocycles. The first-order valence-corrected chi connectivity index (χ1v) is 30.6. The fourth-order valence-corrected chi connectivity index (χ4v) is 12.7. The molecule has 22 aliphatic heterocycles. The van der Waals surface area contributed by atoms with E-state index in [1.165, 1.54) is 0 Å². The van der Waals surface area contributed by atoms with Crippen molar-refractivity contribution in [2.45, 2.75) is 241 Å². The summed E-state index contributed by atoms with van der Waals surface area (Å²) in [5.74, 6) is -1.80. The van der Waals surface area contributed by atoms with Crippen molar-refractivity contribution >= 4 is 11.6 Å². The van der Waals surface area contributed by atoms with Crippen LogP contribution in [0, 0.1) is 5.92 Å². The molecule has 23 rings (SSSR count). The third-order valence-corrected chi connectivity index (χ3v) is 18.2. The highest BCUT2D eigenvalue weighted by atomic mass is 16.8. The summed E-state index contributed by atoms with van der Waals surface area (Å²) in [6.45, 7) is -1.33. The molecule has 22 aliphatic rings. The molecule has 0 aromatic heterocycles. The van der Waals surface area contributed by atoms with Crippen molar-refractivity contribution in [1.29, 1.82) is 0 Å². The van der Waals surface area contributed by atoms with Crippen LogP contribution < -0.4 is 5.32 Å². The summed E-state index contributed by atoms with van der Waals surface area (Å²) in [6, 6.07) is 7.21. The van der Waals surface area contributed by atoms with Gasteiger partial charge in [-0.1, -0.05) is 50.2 Å². The van der Waals surface area contributed by atoms with E-state index in [4.69, 9.17) is 71.2 Å². The Morgan fingerprint density at radius 2 is 0.606 bits per heavy atom. The van der Waals surface area contributed by atoms with Crippen LogP contribution in [0.25, 0.3) is 0 Å². The molecule has 22 heterocycles. The van der Waals surface area contributed by atoms with Crippen LogP contribution >= 0.6 is 0 Å². The van der Waals surface area contributed by atoms with Crippen molar-refractivity contribution in [3.05, 3.63) is 35.4 Å². The number of carbonyl (C=O) groups excluding carboxylic acids is 1. The van der Waals surface area contributed by atoms with E-state index in [2.05, 4.69) is 10.5 Å². The van der Waals surface area contributed by atoms with E-state index < -0.39 is 273 Å². The first-order valence-electron chi connectivity index (χ1n) is 30.6. The molecule has 1 amide bonds. The number of hydrogen-bond donors (Lipinski definition) is 21. The summed E-state index contributed by atoms with van der Waals surface area (Å²) < 4.78 is 81.6. The predicted octanol–water partition coefficient (Wildman–Crippen LogP) is -12.8. The molecule has 94 heavy (non-hydrogen) atoms. The molecule has 1 unspecified atom stereocenters. The highest BCUT2D eigenvalue weighted by molar-refractivity contribution is 6.13. The number of rotatable bonds is 10. The van der Waals surface area contributed by atoms with Crippen molar-refractivity contribution in [2.75, 3.05) is 52.8 Å². The summed E-state index contributed by atoms with van der Waals surface area (Å²) in [5.41, 5.74) is 1.50. The Hall–Kier alpha value is -3.20. The number of carbonyl (C=O) groups is 1. The van der Waals surface area contributed by atoms with Crippen LogP contribution in [0.1, 0.15) is 31.9 Å². The molecular weight excluding hydrogens is 1280 g/mol. The van der Waals surface area contributed by atoms with Gasteiger partial charge in [0, 0.05) is 12.1 Å². The van der Waals surface area contributed by atoms with Crippen LogP contribution in [0.15, 0.2) is 29.4 Å². The number of oxime groups is 1. The van der Waals surface area contributed by atoms with Gasteiger partial charge in [-0.05, 0) is 11.0 Å². The number of ether oxygens (including phenoxy) is 14. The van der Waals surface area contributed by atoms with Crippen LogP contribution in [0.4, 0.5) is 0 Å². The van der Waals surface area contributed by atoms with Crippen molar-refractivity contribution < 1.29 is 178 Å². The Balaban J connectivity index is 0.943. The minimum Gasteiger partial charge on any atom is -0.394 e. The first kappa shape index (κ1) is 73.5. The van der Waals surface area contributed by atoms with Crippen molar-refractivity contribution in [3.63, 3.8) is 0 Å². The zero-order valence-corrected chi connectivity index (χ0v) is 50.7. The van der Waals surface area contributed by atoms with Crippen LogP contribution in [0.5, 0.6) is 0 Å². The first-order chi connectivity index (χ1) is 44.7. The molecule has 36 atom stereocenters. The van der Waals surface area contributed by atoms with Gasteiger partial charge in [-0.25, -0.2) is 0 Å². The lowest BCUT2D eigenvalue weighted by Gasteiger charge is -2.50. The number of benzene rings is 1. The Morgan fingerprint density at radius 1 is 0.372 bits per heavy atom. The molecule has 38 heteroatoms. The fraction of sp³-hybridized carbons (Fsp3) is 0.857. The fourth-order valence-electron chi connectivity index (χ4n) is 12.7. The number of aliphatic hydroxyl groups excluding tert-OH is 20. The molecule has 21 N–H and O–H groups in total. The number of amides is 1. The largest absolute Gasteiger partial charge is 0.394 e. The third-order valence-electron chi connectivity index (χ3n) is 18.2. The quantitative estimate of drug-likeness (QED) is 0.103. The highest BCUT2D eigenvalue weighted by Crippen LogP contribution is 2.39. The van der Waals surface area contributed by atoms with Crippen molar-refractivity contribution in [3.8, 4) is 0 Å². The Bertz CT molecular complexity index is 2620. The van der Waals surface area contributed by atoms with E-state index in [1.807, 2.05) is 32.9 Å². The summed E-state index contributed by atoms with van der Waals surface area (Å²) >= 11 is 0. The maximum absolute atomic E-state index is 14.2. The Labute approximate surface area is 534 Å². The molecule has 0 aliphatic carbocycles. The SMILES string of the molecule is CC(C)(C)c1ccc(C2=NOCC2C(=O)NC[C@@H]2O[C@@H]3O[C@H]4[C@@H](O)[C@H](O)[C@@H](O[C@H]5[C@H](O)[C@H](O)[C@@H](O[C@H]6[C@H](O)[C@@H](O)[C@@H](O[C@H]7[C@H](O)[C@@H](O)[C@@H](O[C@H]8[C@H](O)[C@@H](O)[C@@H](O[C@H]9[C@H](O)[C@@H](O)[C@@H](O[C@H]2[C@H](O)[C@H]3O)O[C@H]9CO)O[C@H]8CO)O[C@H]7CO)O[C@@H]6CO)O[C@@H]5CO)O[C@@H]4CO)cc1. The van der Waals surface area contributed by atoms with Gasteiger partial charge < -0.3 is 179 Å². The lowest BCUT2D eigenvalue weighted by molar-refractivity contribution is -0.396. The molecule has 536 valence electrons. The normalized spacial score (nSPS) is 49.1. The van der Waals surface area contributed by atoms with E-state index in [-0.39, 0.29) is 17.7 Å². The Morgan fingerprint density at radius 3 is 0.840 bits per heavy atom. The predicted molar refractivity (Wildman–Crippen MR) is 295 cm³/mol. The molecular formula is C56H86N2O36. The second kappa shape index (κ2) is 30.7. The summed E-state index contributed by atoms with van der Waals surface area (Å²) in [4.78, 5) is 19.5. The third kappa shape index (κ3) is 14.7. The summed E-state index contributed by atoms with van der Waals surface area (Å²) in [6.07, 6.45) is -71.8. The van der Waals surface area contributed by atoms with E-state index >= 15 is 0 Å². The molecule has 21 fully saturated rings. The van der Waals surface area contributed by atoms with Gasteiger partial charge >= 0.3 is 0 Å². The highest BCUT2D eigenvalue weighted by Gasteiger charge is 2.60. The minimum atomic E-state index is -2.28. The van der Waals surface area contributed by atoms with Gasteiger partial charge in [0.1, 0.15) is 189 Å². The number of nitrogens with one attached hydrogen (secondary N) is 1. The smallest absolute Gasteiger partial charge is 0.232 e. The van der Waals surface area contributed by atoms with E-state index in [0.717, 1.165) is 5.56 Å². The zero-order valence-electron chi connectivity index (χ0n) is 50.7. The number of hydrogen-bond acceptors (Lipinski definition) is 37. The van der Waals surface area contributed by atoms with Gasteiger partial charge in [0.2, 0.25) is 5.91 Å². The number of aliphatic hydroxyl groups is 20. The molecule has 1 aromatic carbocycles. The maximum Gasteiger partial charge on any atom is 0.232 e. The molecule has 1 aromatic rings. The van der Waals surface area contributed by atoms with Gasteiger partial charge in [0.15, 0.2) is 44.0 Å². The van der Waals surface area contributed by atoms with Crippen molar-refractivity contribution in [2.24, 2.45) is 11.1 Å². The zero-order chi connectivity index (χ0) is 68.1.